The molecule has 0 radical (unpaired) electrons. The Morgan fingerprint density at radius 2 is 1.67 bits per heavy atom. The van der Waals surface area contributed by atoms with E-state index in [2.05, 4.69) is 82.0 Å². The average molecular weight is 619 g/mol. The van der Waals surface area contributed by atoms with Crippen molar-refractivity contribution in [2.75, 3.05) is 25.2 Å². The Balaban J connectivity index is 2.34. The number of benzene rings is 1. The van der Waals surface area contributed by atoms with Crippen LogP contribution >= 0.6 is 0 Å². The highest BCUT2D eigenvalue weighted by molar-refractivity contribution is 6.78. The van der Waals surface area contributed by atoms with E-state index in [1.807, 2.05) is 11.0 Å². The lowest BCUT2D eigenvalue weighted by atomic mass is 10.1. The number of hydrogen-bond donors (Lipinski definition) is 0. The van der Waals surface area contributed by atoms with Gasteiger partial charge in [-0.15, -0.1) is 0 Å². The van der Waals surface area contributed by atoms with Crippen molar-refractivity contribution < 1.29 is 27.9 Å². The number of anilines is 1. The number of methoxy groups -OCH3 is 1. The molecular formula is C32H54N2O6Si2. The van der Waals surface area contributed by atoms with Crippen molar-refractivity contribution in [2.24, 2.45) is 0 Å². The monoisotopic (exact) mass is 618 g/mol. The first kappa shape index (κ1) is 34.2. The van der Waals surface area contributed by atoms with Crippen LogP contribution in [-0.2, 0) is 9.16 Å². The third-order valence-electron chi connectivity index (χ3n) is 9.65. The van der Waals surface area contributed by atoms with Crippen molar-refractivity contribution in [3.8, 4) is 11.5 Å². The van der Waals surface area contributed by atoms with Gasteiger partial charge in [-0.1, -0.05) is 75.0 Å². The van der Waals surface area contributed by atoms with Crippen LogP contribution in [0.15, 0.2) is 24.8 Å². The average Bonchev–Trinajstić information content (AvgIpc) is 3.35. The summed E-state index contributed by atoms with van der Waals surface area (Å²) >= 11 is 0. The van der Waals surface area contributed by atoms with E-state index in [-0.39, 0.29) is 23.6 Å². The summed E-state index contributed by atoms with van der Waals surface area (Å²) in [7, 11) is -3.22. The molecule has 0 aromatic heterocycles. The summed E-state index contributed by atoms with van der Waals surface area (Å²) in [6.45, 7) is 28.6. The molecule has 42 heavy (non-hydrogen) atoms. The molecule has 2 heterocycles. The van der Waals surface area contributed by atoms with Crippen molar-refractivity contribution in [3.05, 3.63) is 30.4 Å². The zero-order valence-corrected chi connectivity index (χ0v) is 30.0. The molecule has 0 aliphatic carbocycles. The molecule has 3 rings (SSSR count). The molecule has 2 aliphatic heterocycles. The summed E-state index contributed by atoms with van der Waals surface area (Å²) in [4.78, 5) is 31.6. The van der Waals surface area contributed by atoms with E-state index < -0.39 is 29.0 Å². The smallest absolute Gasteiger partial charge is 0.416 e. The normalized spacial score (nSPS) is 19.6. The van der Waals surface area contributed by atoms with Crippen LogP contribution in [-0.4, -0.2) is 66.1 Å². The summed E-state index contributed by atoms with van der Waals surface area (Å²) in [6.07, 6.45) is 1.83. The van der Waals surface area contributed by atoms with Crippen LogP contribution in [0.25, 0.3) is 0 Å². The van der Waals surface area contributed by atoms with Gasteiger partial charge in [-0.3, -0.25) is 4.79 Å². The fourth-order valence-electron chi connectivity index (χ4n) is 6.52. The molecule has 10 heteroatoms. The highest BCUT2D eigenvalue weighted by Crippen LogP contribution is 2.48. The molecule has 2 aliphatic rings. The largest absolute Gasteiger partial charge is 0.540 e. The van der Waals surface area contributed by atoms with E-state index in [1.54, 1.807) is 24.2 Å². The second-order valence-corrected chi connectivity index (χ2v) is 24.3. The number of ether oxygens (including phenoxy) is 2. The van der Waals surface area contributed by atoms with E-state index in [1.165, 1.54) is 0 Å². The Hall–Kier alpha value is -2.31. The van der Waals surface area contributed by atoms with Crippen LogP contribution in [0.4, 0.5) is 10.5 Å². The van der Waals surface area contributed by atoms with Gasteiger partial charge < -0.3 is 23.2 Å². The predicted octanol–water partition coefficient (Wildman–Crippen LogP) is 8.34. The van der Waals surface area contributed by atoms with Crippen LogP contribution in [0, 0.1) is 0 Å². The number of carbonyl (C=O) groups excluding carboxylic acids is 2. The van der Waals surface area contributed by atoms with Crippen LogP contribution in [0.3, 0.4) is 0 Å². The van der Waals surface area contributed by atoms with Crippen molar-refractivity contribution in [1.29, 1.82) is 0 Å². The second-order valence-electron chi connectivity index (χ2n) is 14.2. The number of amides is 2. The zero-order valence-electron chi connectivity index (χ0n) is 28.0. The van der Waals surface area contributed by atoms with Gasteiger partial charge in [0.15, 0.2) is 20.3 Å². The number of hydrogen-bond acceptors (Lipinski definition) is 6. The fourth-order valence-corrected chi connectivity index (χ4v) is 13.0. The van der Waals surface area contributed by atoms with Gasteiger partial charge in [-0.25, -0.2) is 9.69 Å². The molecule has 1 saturated heterocycles. The quantitative estimate of drug-likeness (QED) is 0.194. The maximum Gasteiger partial charge on any atom is 0.416 e. The van der Waals surface area contributed by atoms with Gasteiger partial charge in [0.25, 0.3) is 14.2 Å². The number of fused-ring (bicyclic) bond motifs is 2. The first-order valence-corrected chi connectivity index (χ1v) is 20.5. The summed E-state index contributed by atoms with van der Waals surface area (Å²) in [6, 6.07) is 3.26. The van der Waals surface area contributed by atoms with Gasteiger partial charge in [0.2, 0.25) is 0 Å². The minimum Gasteiger partial charge on any atom is -0.540 e. The zero-order chi connectivity index (χ0) is 31.8. The number of nitrogens with zero attached hydrogens (tertiary/aromatic N) is 2. The van der Waals surface area contributed by atoms with Gasteiger partial charge >= 0.3 is 6.09 Å². The van der Waals surface area contributed by atoms with E-state index >= 15 is 0 Å². The summed E-state index contributed by atoms with van der Waals surface area (Å²) in [5.74, 6) is 0.890. The molecule has 0 N–H and O–H groups in total. The molecule has 0 spiro atoms. The van der Waals surface area contributed by atoms with Crippen molar-refractivity contribution >= 4 is 34.3 Å². The standard InChI is InChI=1S/C32H54N2O6Si2/c1-14-18-38-31(36)34-26-20-28(39-42(21(2)3,22(4)5)23(6)7)27(37-11)19-24(26)29(35)33-17-15-16-25(33)30(34)40-41(12,13)32(8,9)10/h14,19-23,25,30H,1,15-18H2,2-13H3/t25-,30?/m0/s1. The SMILES string of the molecule is C=CCOC(=O)N1c2cc(O[Si](C(C)C)(C(C)C)C(C)C)c(OC)cc2C(=O)N2CCC[C@H]2C1O[Si](C)(C)C(C)(C)C. The molecule has 1 aromatic carbocycles. The van der Waals surface area contributed by atoms with Crippen molar-refractivity contribution in [3.63, 3.8) is 0 Å². The fraction of sp³-hybridized carbons (Fsp3) is 0.688. The van der Waals surface area contributed by atoms with Gasteiger partial charge in [-0.2, -0.15) is 0 Å². The van der Waals surface area contributed by atoms with Crippen LogP contribution in [0.1, 0.15) is 85.5 Å². The summed E-state index contributed by atoms with van der Waals surface area (Å²) in [5.41, 5.74) is 1.76. The highest BCUT2D eigenvalue weighted by atomic mass is 28.4. The molecular weight excluding hydrogens is 565 g/mol. The minimum absolute atomic E-state index is 0.0450. The number of carbonyl (C=O) groups is 2. The molecule has 2 amide bonds. The topological polar surface area (TPSA) is 77.5 Å². The summed E-state index contributed by atoms with van der Waals surface area (Å²) in [5, 5.41) is -0.114. The molecule has 1 aromatic rings. The molecule has 236 valence electrons. The van der Waals surface area contributed by atoms with Crippen LogP contribution in [0.2, 0.25) is 34.8 Å². The molecule has 2 atom stereocenters. The molecule has 1 unspecified atom stereocenters. The third kappa shape index (κ3) is 6.17. The van der Waals surface area contributed by atoms with Crippen molar-refractivity contribution in [1.82, 2.24) is 4.90 Å². The Morgan fingerprint density at radius 3 is 2.17 bits per heavy atom. The predicted molar refractivity (Wildman–Crippen MR) is 175 cm³/mol. The third-order valence-corrected chi connectivity index (χ3v) is 20.1. The number of rotatable bonds is 10. The lowest BCUT2D eigenvalue weighted by Crippen LogP contribution is -2.58. The van der Waals surface area contributed by atoms with Gasteiger partial charge in [0, 0.05) is 12.6 Å². The lowest BCUT2D eigenvalue weighted by molar-refractivity contribution is 0.0528. The first-order valence-electron chi connectivity index (χ1n) is 15.4. The Kier molecular flexibility index (Phi) is 10.4. The minimum atomic E-state index is -2.41. The maximum atomic E-state index is 14.2. The van der Waals surface area contributed by atoms with E-state index in [4.69, 9.17) is 18.3 Å². The first-order chi connectivity index (χ1) is 19.4. The summed E-state index contributed by atoms with van der Waals surface area (Å²) < 4.78 is 25.7. The molecule has 0 bridgehead atoms. The van der Waals surface area contributed by atoms with Crippen LogP contribution in [0.5, 0.6) is 11.5 Å². The van der Waals surface area contributed by atoms with Gasteiger partial charge in [0.05, 0.1) is 24.4 Å². The van der Waals surface area contributed by atoms with E-state index in [0.717, 1.165) is 12.8 Å². The Bertz CT molecular complexity index is 1140. The van der Waals surface area contributed by atoms with Crippen LogP contribution < -0.4 is 14.1 Å². The molecule has 0 saturated carbocycles. The van der Waals surface area contributed by atoms with Crippen molar-refractivity contribution in [2.45, 2.75) is 122 Å². The van der Waals surface area contributed by atoms with E-state index in [0.29, 0.717) is 45.9 Å². The molecule has 8 nitrogen and oxygen atoms in total. The molecule has 1 fully saturated rings. The van der Waals surface area contributed by atoms with Gasteiger partial charge in [-0.05, 0) is 53.7 Å². The highest BCUT2D eigenvalue weighted by Gasteiger charge is 2.52. The van der Waals surface area contributed by atoms with Gasteiger partial charge in [0.1, 0.15) is 12.4 Å². The second kappa shape index (κ2) is 12.7. The van der Waals surface area contributed by atoms with E-state index in [9.17, 15) is 9.59 Å². The Labute approximate surface area is 256 Å². The maximum absolute atomic E-state index is 14.2. The Morgan fingerprint density at radius 1 is 1.07 bits per heavy atom. The lowest BCUT2D eigenvalue weighted by Gasteiger charge is -2.44.